The third-order valence-corrected chi connectivity index (χ3v) is 5.49. The van der Waals surface area contributed by atoms with Gasteiger partial charge in [0.2, 0.25) is 0 Å². The van der Waals surface area contributed by atoms with E-state index in [0.29, 0.717) is 0 Å². The molecular formula is C20H42KO4P. The predicted molar refractivity (Wildman–Crippen MR) is 105 cm³/mol. The molecule has 0 heterocycles. The normalized spacial score (nSPS) is 11.5. The smallest absolute Gasteiger partial charge is 0.756 e. The van der Waals surface area contributed by atoms with Gasteiger partial charge in [-0.2, -0.15) is 0 Å². The van der Waals surface area contributed by atoms with Gasteiger partial charge in [0, 0.05) is 0 Å². The van der Waals surface area contributed by atoms with Crippen molar-refractivity contribution >= 4 is 7.82 Å². The summed E-state index contributed by atoms with van der Waals surface area (Å²) in [6, 6.07) is 0. The van der Waals surface area contributed by atoms with E-state index in [4.69, 9.17) is 9.05 Å². The maximum atomic E-state index is 11.6. The molecule has 4 nitrogen and oxygen atoms in total. The molecule has 0 atom stereocenters. The van der Waals surface area contributed by atoms with Crippen LogP contribution in [0.3, 0.4) is 0 Å². The largest absolute Gasteiger partial charge is 1.00 e. The van der Waals surface area contributed by atoms with E-state index in [2.05, 4.69) is 13.8 Å². The zero-order valence-electron chi connectivity index (χ0n) is 17.8. The fourth-order valence-corrected chi connectivity index (χ4v) is 3.64. The molecule has 0 aliphatic heterocycles. The van der Waals surface area contributed by atoms with E-state index in [1.807, 2.05) is 0 Å². The molecule has 0 rings (SSSR count). The van der Waals surface area contributed by atoms with Gasteiger partial charge in [0.1, 0.15) is 0 Å². The average Bonchev–Trinajstić information content (AvgIpc) is 2.59. The molecule has 0 amide bonds. The second-order valence-electron chi connectivity index (χ2n) is 7.06. The molecule has 0 aliphatic carbocycles. The third kappa shape index (κ3) is 23.8. The first-order valence-electron chi connectivity index (χ1n) is 10.7. The second kappa shape index (κ2) is 23.0. The third-order valence-electron chi connectivity index (χ3n) is 4.49. The quantitative estimate of drug-likeness (QED) is 0.172. The van der Waals surface area contributed by atoms with Crippen molar-refractivity contribution in [2.45, 2.75) is 117 Å². The summed E-state index contributed by atoms with van der Waals surface area (Å²) >= 11 is 0. The fraction of sp³-hybridized carbons (Fsp3) is 1.00. The van der Waals surface area contributed by atoms with Crippen LogP contribution in [0.5, 0.6) is 0 Å². The molecule has 6 heteroatoms. The minimum absolute atomic E-state index is 0. The topological polar surface area (TPSA) is 58.6 Å². The van der Waals surface area contributed by atoms with Gasteiger partial charge in [0.25, 0.3) is 7.82 Å². The summed E-state index contributed by atoms with van der Waals surface area (Å²) in [5, 5.41) is 0. The maximum Gasteiger partial charge on any atom is 1.00 e. The SMILES string of the molecule is CCCCCCCCCCOP(=O)([O-])OCCCCCCCCCC.[K+]. The van der Waals surface area contributed by atoms with Crippen molar-refractivity contribution in [2.24, 2.45) is 0 Å². The van der Waals surface area contributed by atoms with Crippen molar-refractivity contribution < 1.29 is 69.9 Å². The van der Waals surface area contributed by atoms with E-state index in [-0.39, 0.29) is 64.6 Å². The molecule has 0 radical (unpaired) electrons. The molecule has 0 aromatic heterocycles. The molecule has 26 heavy (non-hydrogen) atoms. The number of rotatable bonds is 20. The Morgan fingerprint density at radius 1 is 0.577 bits per heavy atom. The van der Waals surface area contributed by atoms with Gasteiger partial charge in [0.15, 0.2) is 0 Å². The summed E-state index contributed by atoms with van der Waals surface area (Å²) in [5.41, 5.74) is 0. The Hall–Kier alpha value is 1.75. The first-order chi connectivity index (χ1) is 12.1. The van der Waals surface area contributed by atoms with Crippen LogP contribution in [0.2, 0.25) is 0 Å². The van der Waals surface area contributed by atoms with Crippen LogP contribution in [0, 0.1) is 0 Å². The van der Waals surface area contributed by atoms with Gasteiger partial charge in [-0.1, -0.05) is 104 Å². The van der Waals surface area contributed by atoms with Gasteiger partial charge in [0.05, 0.1) is 13.2 Å². The zero-order valence-corrected chi connectivity index (χ0v) is 21.8. The molecule has 0 aliphatic rings. The molecule has 0 aromatic rings. The summed E-state index contributed by atoms with van der Waals surface area (Å²) in [6.45, 7) is 4.95. The van der Waals surface area contributed by atoms with E-state index >= 15 is 0 Å². The Kier molecular flexibility index (Phi) is 26.5. The molecule has 0 aromatic carbocycles. The summed E-state index contributed by atoms with van der Waals surface area (Å²) in [5.74, 6) is 0. The molecule has 0 unspecified atom stereocenters. The van der Waals surface area contributed by atoms with Crippen molar-refractivity contribution in [2.75, 3.05) is 13.2 Å². The first-order valence-corrected chi connectivity index (χ1v) is 12.2. The molecule has 0 bridgehead atoms. The monoisotopic (exact) mass is 416 g/mol. The van der Waals surface area contributed by atoms with E-state index in [9.17, 15) is 9.46 Å². The van der Waals surface area contributed by atoms with Crippen molar-refractivity contribution in [1.29, 1.82) is 0 Å². The van der Waals surface area contributed by atoms with Crippen LogP contribution in [0.25, 0.3) is 0 Å². The predicted octanol–water partition coefficient (Wildman–Crippen LogP) is 3.77. The summed E-state index contributed by atoms with van der Waals surface area (Å²) < 4.78 is 21.5. The minimum Gasteiger partial charge on any atom is -0.756 e. The Morgan fingerprint density at radius 2 is 0.846 bits per heavy atom. The van der Waals surface area contributed by atoms with Crippen molar-refractivity contribution in [3.8, 4) is 0 Å². The number of phosphoric ester groups is 1. The van der Waals surface area contributed by atoms with Crippen LogP contribution < -0.4 is 56.3 Å². The Morgan fingerprint density at radius 3 is 1.15 bits per heavy atom. The molecule has 0 fully saturated rings. The van der Waals surface area contributed by atoms with Gasteiger partial charge in [-0.15, -0.1) is 0 Å². The number of hydrogen-bond donors (Lipinski definition) is 0. The second-order valence-corrected chi connectivity index (χ2v) is 8.47. The van der Waals surface area contributed by atoms with Crippen molar-refractivity contribution in [3.63, 3.8) is 0 Å². The van der Waals surface area contributed by atoms with Crippen LogP contribution in [0.1, 0.15) is 117 Å². The molecular weight excluding hydrogens is 374 g/mol. The zero-order chi connectivity index (χ0) is 18.6. The van der Waals surface area contributed by atoms with E-state index in [0.717, 1.165) is 38.5 Å². The Labute approximate surface area is 205 Å². The van der Waals surface area contributed by atoms with E-state index in [1.165, 1.54) is 64.2 Å². The molecule has 152 valence electrons. The van der Waals surface area contributed by atoms with Gasteiger partial charge in [-0.05, 0) is 12.8 Å². The Balaban J connectivity index is 0. The van der Waals surface area contributed by atoms with Crippen LogP contribution in [0.15, 0.2) is 0 Å². The van der Waals surface area contributed by atoms with Crippen molar-refractivity contribution in [1.82, 2.24) is 0 Å². The number of hydrogen-bond acceptors (Lipinski definition) is 4. The summed E-state index contributed by atoms with van der Waals surface area (Å²) in [6.07, 6.45) is 18.8. The molecule has 0 saturated carbocycles. The minimum atomic E-state index is -4.08. The molecule has 0 saturated heterocycles. The van der Waals surface area contributed by atoms with Crippen LogP contribution in [-0.4, -0.2) is 13.2 Å². The van der Waals surface area contributed by atoms with E-state index < -0.39 is 7.82 Å². The number of phosphoric acid groups is 1. The fourth-order valence-electron chi connectivity index (χ4n) is 2.86. The molecule has 0 spiro atoms. The van der Waals surface area contributed by atoms with Gasteiger partial charge >= 0.3 is 51.4 Å². The van der Waals surface area contributed by atoms with Crippen LogP contribution in [0.4, 0.5) is 0 Å². The van der Waals surface area contributed by atoms with Crippen LogP contribution in [-0.2, 0) is 13.6 Å². The first kappa shape index (κ1) is 29.9. The summed E-state index contributed by atoms with van der Waals surface area (Å²) in [4.78, 5) is 11.6. The van der Waals surface area contributed by atoms with Crippen molar-refractivity contribution in [3.05, 3.63) is 0 Å². The van der Waals surface area contributed by atoms with Crippen LogP contribution >= 0.6 is 7.82 Å². The van der Waals surface area contributed by atoms with Gasteiger partial charge < -0.3 is 13.9 Å². The van der Waals surface area contributed by atoms with Gasteiger partial charge in [-0.25, -0.2) is 0 Å². The van der Waals surface area contributed by atoms with Gasteiger partial charge in [-0.3, -0.25) is 4.57 Å². The Bertz CT molecular complexity index is 290. The summed E-state index contributed by atoms with van der Waals surface area (Å²) in [7, 11) is -4.08. The maximum absolute atomic E-state index is 11.6. The number of unbranched alkanes of at least 4 members (excludes halogenated alkanes) is 14. The molecule has 0 N–H and O–H groups in total. The standard InChI is InChI=1S/C20H43O4P.K/c1-3-5-7-9-11-13-15-17-19-23-25(21,22)24-20-18-16-14-12-10-8-6-4-2;/h3-20H2,1-2H3,(H,21,22);/q;+1/p-1. The average molecular weight is 417 g/mol. The van der Waals surface area contributed by atoms with E-state index in [1.54, 1.807) is 0 Å².